The van der Waals surface area contributed by atoms with Crippen LogP contribution in [0.1, 0.15) is 11.4 Å². The Hall–Kier alpha value is -2.76. The molecule has 27 heavy (non-hydrogen) atoms. The molecular formula is C15H10F5N5OS. The summed E-state index contributed by atoms with van der Waals surface area (Å²) in [6, 6.07) is 1.76. The number of benzene rings is 1. The van der Waals surface area contributed by atoms with Gasteiger partial charge in [0.15, 0.2) is 28.4 Å². The minimum Gasteiger partial charge on any atom is -0.320 e. The molecule has 1 aromatic carbocycles. The van der Waals surface area contributed by atoms with Crippen molar-refractivity contribution in [2.45, 2.75) is 19.0 Å². The summed E-state index contributed by atoms with van der Waals surface area (Å²) in [4.78, 5) is 16.1. The van der Waals surface area contributed by atoms with Crippen LogP contribution in [0.25, 0.3) is 5.78 Å². The number of nitrogens with one attached hydrogen (secondary N) is 1. The van der Waals surface area contributed by atoms with E-state index in [1.54, 1.807) is 29.6 Å². The molecule has 12 heteroatoms. The highest BCUT2D eigenvalue weighted by Gasteiger charge is 2.27. The Labute approximate surface area is 152 Å². The van der Waals surface area contributed by atoms with Crippen LogP contribution in [0.3, 0.4) is 0 Å². The second-order valence-corrected chi connectivity index (χ2v) is 6.38. The Balaban J connectivity index is 1.79. The molecule has 2 heterocycles. The summed E-state index contributed by atoms with van der Waals surface area (Å²) in [6.45, 7) is 3.54. The van der Waals surface area contributed by atoms with Crippen LogP contribution in [0.5, 0.6) is 0 Å². The summed E-state index contributed by atoms with van der Waals surface area (Å²) in [5.41, 5.74) is 0.0507. The molecule has 0 saturated carbocycles. The number of anilines is 1. The van der Waals surface area contributed by atoms with Gasteiger partial charge in [-0.05, 0) is 19.9 Å². The Morgan fingerprint density at radius 3 is 2.26 bits per heavy atom. The zero-order valence-corrected chi connectivity index (χ0v) is 14.6. The van der Waals surface area contributed by atoms with E-state index in [9.17, 15) is 26.7 Å². The Morgan fingerprint density at radius 2 is 1.63 bits per heavy atom. The molecule has 0 aliphatic carbocycles. The number of amides is 1. The topological polar surface area (TPSA) is 72.2 Å². The first kappa shape index (κ1) is 19.0. The van der Waals surface area contributed by atoms with Gasteiger partial charge in [-0.3, -0.25) is 9.20 Å². The minimum atomic E-state index is -2.30. The number of hydrogen-bond donors (Lipinski definition) is 1. The molecule has 3 aromatic rings. The molecule has 2 aromatic heterocycles. The largest absolute Gasteiger partial charge is 0.320 e. The fraction of sp³-hybridized carbons (Fsp3) is 0.200. The molecule has 1 N–H and O–H groups in total. The number of carbonyl (C=O) groups excluding carboxylic acids is 1. The first-order valence-electron chi connectivity index (χ1n) is 7.34. The molecule has 1 amide bonds. The molecule has 0 atom stereocenters. The number of hydrogen-bond acceptors (Lipinski definition) is 5. The Morgan fingerprint density at radius 1 is 1.04 bits per heavy atom. The van der Waals surface area contributed by atoms with Crippen molar-refractivity contribution >= 4 is 29.1 Å². The van der Waals surface area contributed by atoms with E-state index in [-0.39, 0.29) is 5.16 Å². The first-order valence-corrected chi connectivity index (χ1v) is 8.32. The molecule has 0 aliphatic rings. The van der Waals surface area contributed by atoms with E-state index in [0.717, 1.165) is 17.5 Å². The standard InChI is InChI=1S/C15H10F5N5OS/c1-5-3-6(2)25-14(21-5)23-24-15(25)27-4-7(26)22-13-11(19)9(17)8(16)10(18)12(13)20/h3H,4H2,1-2H3,(H,22,26). The van der Waals surface area contributed by atoms with Gasteiger partial charge >= 0.3 is 0 Å². The van der Waals surface area contributed by atoms with E-state index in [0.29, 0.717) is 11.5 Å². The summed E-state index contributed by atoms with van der Waals surface area (Å²) in [5.74, 6) is -11.9. The Bertz CT molecular complexity index is 1040. The average molecular weight is 403 g/mol. The quantitative estimate of drug-likeness (QED) is 0.314. The van der Waals surface area contributed by atoms with E-state index in [1.807, 2.05) is 0 Å². The molecule has 0 saturated heterocycles. The minimum absolute atomic E-state index is 0.280. The maximum Gasteiger partial charge on any atom is 0.256 e. The van der Waals surface area contributed by atoms with Gasteiger partial charge in [0.2, 0.25) is 11.7 Å². The van der Waals surface area contributed by atoms with E-state index in [1.165, 1.54) is 0 Å². The maximum absolute atomic E-state index is 13.6. The molecule has 0 radical (unpaired) electrons. The van der Waals surface area contributed by atoms with Crippen LogP contribution in [0.15, 0.2) is 11.2 Å². The van der Waals surface area contributed by atoms with Crippen molar-refractivity contribution in [1.29, 1.82) is 0 Å². The third-order valence-corrected chi connectivity index (χ3v) is 4.40. The maximum atomic E-state index is 13.6. The molecule has 3 rings (SSSR count). The number of carbonyl (C=O) groups is 1. The summed E-state index contributed by atoms with van der Waals surface area (Å²) in [5, 5.41) is 9.69. The normalized spacial score (nSPS) is 11.2. The summed E-state index contributed by atoms with van der Waals surface area (Å²) in [7, 11) is 0. The summed E-state index contributed by atoms with van der Waals surface area (Å²) < 4.78 is 68.1. The summed E-state index contributed by atoms with van der Waals surface area (Å²) in [6.07, 6.45) is 0. The van der Waals surface area contributed by atoms with Crippen molar-refractivity contribution in [2.75, 3.05) is 11.1 Å². The first-order chi connectivity index (χ1) is 12.7. The zero-order chi connectivity index (χ0) is 19.9. The number of aromatic nitrogens is 4. The van der Waals surface area contributed by atoms with E-state index in [2.05, 4.69) is 15.2 Å². The van der Waals surface area contributed by atoms with Crippen LogP contribution in [0.2, 0.25) is 0 Å². The highest BCUT2D eigenvalue weighted by Crippen LogP contribution is 2.27. The van der Waals surface area contributed by atoms with Crippen LogP contribution in [-0.4, -0.2) is 31.2 Å². The van der Waals surface area contributed by atoms with Gasteiger partial charge in [-0.2, -0.15) is 0 Å². The van der Waals surface area contributed by atoms with Gasteiger partial charge in [0.25, 0.3) is 5.78 Å². The van der Waals surface area contributed by atoms with Crippen LogP contribution in [0, 0.1) is 42.9 Å². The molecule has 0 fully saturated rings. The predicted octanol–water partition coefficient (Wildman–Crippen LogP) is 3.17. The second-order valence-electron chi connectivity index (χ2n) is 5.44. The van der Waals surface area contributed by atoms with Crippen molar-refractivity contribution < 1.29 is 26.7 Å². The zero-order valence-electron chi connectivity index (χ0n) is 13.8. The molecule has 0 bridgehead atoms. The van der Waals surface area contributed by atoms with Crippen molar-refractivity contribution in [3.05, 3.63) is 46.5 Å². The van der Waals surface area contributed by atoms with Crippen LogP contribution >= 0.6 is 11.8 Å². The van der Waals surface area contributed by atoms with Gasteiger partial charge in [-0.1, -0.05) is 11.8 Å². The third kappa shape index (κ3) is 3.44. The summed E-state index contributed by atoms with van der Waals surface area (Å²) >= 11 is 0.858. The van der Waals surface area contributed by atoms with Gasteiger partial charge in [0.05, 0.1) is 5.75 Å². The lowest BCUT2D eigenvalue weighted by atomic mass is 10.2. The molecule has 0 spiro atoms. The van der Waals surface area contributed by atoms with E-state index >= 15 is 0 Å². The lowest BCUT2D eigenvalue weighted by Gasteiger charge is -2.09. The van der Waals surface area contributed by atoms with Crippen molar-refractivity contribution in [2.24, 2.45) is 0 Å². The third-order valence-electron chi connectivity index (χ3n) is 3.47. The number of aryl methyl sites for hydroxylation is 2. The molecule has 6 nitrogen and oxygen atoms in total. The predicted molar refractivity (Wildman–Crippen MR) is 85.8 cm³/mol. The SMILES string of the molecule is Cc1cc(C)n2c(SCC(=O)Nc3c(F)c(F)c(F)c(F)c3F)nnc2n1. The van der Waals surface area contributed by atoms with Gasteiger partial charge in [-0.25, -0.2) is 26.9 Å². The van der Waals surface area contributed by atoms with Gasteiger partial charge in [0, 0.05) is 11.4 Å². The molecule has 0 aliphatic heterocycles. The fourth-order valence-electron chi connectivity index (χ4n) is 2.31. The van der Waals surface area contributed by atoms with E-state index in [4.69, 9.17) is 0 Å². The van der Waals surface area contributed by atoms with Crippen molar-refractivity contribution in [1.82, 2.24) is 19.6 Å². The number of fused-ring (bicyclic) bond motifs is 1. The lowest BCUT2D eigenvalue weighted by molar-refractivity contribution is -0.113. The van der Waals surface area contributed by atoms with Crippen molar-refractivity contribution in [3.8, 4) is 0 Å². The monoisotopic (exact) mass is 403 g/mol. The molecule has 142 valence electrons. The number of nitrogens with zero attached hydrogens (tertiary/aromatic N) is 4. The molecule has 0 unspecified atom stereocenters. The van der Waals surface area contributed by atoms with Crippen LogP contribution in [-0.2, 0) is 4.79 Å². The van der Waals surface area contributed by atoms with Crippen LogP contribution in [0.4, 0.5) is 27.6 Å². The van der Waals surface area contributed by atoms with Gasteiger partial charge in [0.1, 0.15) is 5.69 Å². The second kappa shape index (κ2) is 7.10. The van der Waals surface area contributed by atoms with Crippen LogP contribution < -0.4 is 5.32 Å². The highest BCUT2D eigenvalue weighted by atomic mass is 32.2. The molecular weight excluding hydrogens is 393 g/mol. The smallest absolute Gasteiger partial charge is 0.256 e. The van der Waals surface area contributed by atoms with Gasteiger partial charge < -0.3 is 5.32 Å². The fourth-order valence-corrected chi connectivity index (χ4v) is 3.10. The Kier molecular flexibility index (Phi) is 5.00. The van der Waals surface area contributed by atoms with Gasteiger partial charge in [-0.15, -0.1) is 10.2 Å². The number of halogens is 5. The van der Waals surface area contributed by atoms with E-state index < -0.39 is 46.4 Å². The number of thioether (sulfide) groups is 1. The van der Waals surface area contributed by atoms with Crippen molar-refractivity contribution in [3.63, 3.8) is 0 Å². The average Bonchev–Trinajstić information content (AvgIpc) is 3.03. The lowest BCUT2D eigenvalue weighted by Crippen LogP contribution is -2.18. The highest BCUT2D eigenvalue weighted by molar-refractivity contribution is 7.99. The number of rotatable bonds is 4.